The van der Waals surface area contributed by atoms with E-state index in [2.05, 4.69) is 10.6 Å². The van der Waals surface area contributed by atoms with E-state index in [0.29, 0.717) is 26.1 Å². The number of amides is 4. The van der Waals surface area contributed by atoms with Gasteiger partial charge >= 0.3 is 6.03 Å². The minimum absolute atomic E-state index is 0.0151. The molecule has 3 saturated heterocycles. The Kier molecular flexibility index (Phi) is 4.49. The maximum Gasteiger partial charge on any atom is 0.317 e. The number of benzene rings is 1. The second kappa shape index (κ2) is 6.83. The van der Waals surface area contributed by atoms with Gasteiger partial charge in [0.25, 0.3) is 0 Å². The zero-order valence-electron chi connectivity index (χ0n) is 15.0. The first-order valence-corrected chi connectivity index (χ1v) is 9.33. The number of nitrogens with zero attached hydrogens (tertiary/aromatic N) is 2. The van der Waals surface area contributed by atoms with Gasteiger partial charge in [-0.2, -0.15) is 0 Å². The van der Waals surface area contributed by atoms with Crippen LogP contribution >= 0.6 is 0 Å². The zero-order chi connectivity index (χ0) is 19.0. The van der Waals surface area contributed by atoms with Gasteiger partial charge in [0.2, 0.25) is 11.8 Å². The summed E-state index contributed by atoms with van der Waals surface area (Å²) >= 11 is 0. The van der Waals surface area contributed by atoms with Crippen molar-refractivity contribution in [3.8, 4) is 0 Å². The van der Waals surface area contributed by atoms with Crippen LogP contribution in [-0.2, 0) is 9.59 Å². The minimum atomic E-state index is -0.445. The van der Waals surface area contributed by atoms with Gasteiger partial charge in [-0.25, -0.2) is 9.18 Å². The number of piperidine rings is 1. The molecule has 1 aromatic carbocycles. The molecule has 3 heterocycles. The molecule has 8 heteroatoms. The van der Waals surface area contributed by atoms with E-state index in [1.807, 2.05) is 0 Å². The fraction of sp³-hybridized carbons (Fsp3) is 0.526. The summed E-state index contributed by atoms with van der Waals surface area (Å²) in [5.41, 5.74) is 0.233. The average molecular weight is 374 g/mol. The van der Waals surface area contributed by atoms with E-state index in [9.17, 15) is 18.8 Å². The Morgan fingerprint density at radius 1 is 1.22 bits per heavy atom. The number of urea groups is 1. The summed E-state index contributed by atoms with van der Waals surface area (Å²) in [6, 6.07) is 5.61. The third kappa shape index (κ3) is 3.48. The molecule has 144 valence electrons. The molecule has 3 aliphatic heterocycles. The fourth-order valence-electron chi connectivity index (χ4n) is 4.26. The van der Waals surface area contributed by atoms with Crippen molar-refractivity contribution >= 4 is 23.5 Å². The first-order chi connectivity index (χ1) is 13.0. The van der Waals surface area contributed by atoms with Crippen LogP contribution in [0.25, 0.3) is 0 Å². The number of likely N-dealkylation sites (tertiary alicyclic amines) is 1. The second-order valence-electron chi connectivity index (χ2n) is 7.75. The van der Waals surface area contributed by atoms with Gasteiger partial charge in [-0.15, -0.1) is 0 Å². The van der Waals surface area contributed by atoms with Crippen LogP contribution < -0.4 is 15.5 Å². The predicted molar refractivity (Wildman–Crippen MR) is 96.6 cm³/mol. The maximum absolute atomic E-state index is 13.9. The molecular weight excluding hydrogens is 351 g/mol. The number of hydrogen-bond acceptors (Lipinski definition) is 3. The molecular formula is C19H23FN4O3. The van der Waals surface area contributed by atoms with Crippen molar-refractivity contribution in [2.45, 2.75) is 31.7 Å². The highest BCUT2D eigenvalue weighted by molar-refractivity contribution is 5.96. The Morgan fingerprint density at radius 2 is 1.96 bits per heavy atom. The highest BCUT2D eigenvalue weighted by Crippen LogP contribution is 2.37. The van der Waals surface area contributed by atoms with Crippen LogP contribution in [0.15, 0.2) is 24.3 Å². The van der Waals surface area contributed by atoms with E-state index in [4.69, 9.17) is 0 Å². The van der Waals surface area contributed by atoms with Crippen molar-refractivity contribution in [2.75, 3.05) is 31.1 Å². The van der Waals surface area contributed by atoms with E-state index in [1.165, 1.54) is 11.0 Å². The number of carbonyl (C=O) groups is 3. The molecule has 4 rings (SSSR count). The van der Waals surface area contributed by atoms with Crippen LogP contribution in [0.5, 0.6) is 0 Å². The highest BCUT2D eigenvalue weighted by atomic mass is 19.1. The quantitative estimate of drug-likeness (QED) is 0.817. The van der Waals surface area contributed by atoms with Gasteiger partial charge in [0, 0.05) is 39.0 Å². The number of anilines is 1. The predicted octanol–water partition coefficient (Wildman–Crippen LogP) is 1.24. The molecule has 4 amide bonds. The molecule has 2 N–H and O–H groups in total. The molecule has 3 aliphatic rings. The van der Waals surface area contributed by atoms with Crippen molar-refractivity contribution in [1.82, 2.24) is 15.5 Å². The molecule has 1 atom stereocenters. The van der Waals surface area contributed by atoms with Crippen LogP contribution in [0.3, 0.4) is 0 Å². The van der Waals surface area contributed by atoms with Crippen molar-refractivity contribution in [1.29, 1.82) is 0 Å². The van der Waals surface area contributed by atoms with Crippen LogP contribution in [0.2, 0.25) is 0 Å². The Balaban J connectivity index is 1.32. The molecule has 7 nitrogen and oxygen atoms in total. The summed E-state index contributed by atoms with van der Waals surface area (Å²) in [5.74, 6) is -0.553. The number of nitrogens with one attached hydrogen (secondary N) is 2. The molecule has 1 unspecified atom stereocenters. The van der Waals surface area contributed by atoms with E-state index in [1.54, 1.807) is 23.1 Å². The topological polar surface area (TPSA) is 81.8 Å². The number of hydrogen-bond donors (Lipinski definition) is 2. The SMILES string of the molecule is O=C1CC2(CCN(C(=O)NC3CC(=O)N(c4ccccc4F)C3)CC2)CN1. The summed E-state index contributed by atoms with van der Waals surface area (Å²) in [5, 5.41) is 5.79. The second-order valence-corrected chi connectivity index (χ2v) is 7.75. The normalized spacial score (nSPS) is 24.4. The molecule has 0 saturated carbocycles. The average Bonchev–Trinajstić information content (AvgIpc) is 3.18. The molecule has 0 bridgehead atoms. The Hall–Kier alpha value is -2.64. The lowest BCUT2D eigenvalue weighted by atomic mass is 9.78. The van der Waals surface area contributed by atoms with E-state index >= 15 is 0 Å². The standard InChI is InChI=1S/C19H23FN4O3/c20-14-3-1-2-4-15(14)24-11-13(9-17(24)26)22-18(27)23-7-5-19(6-8-23)10-16(25)21-12-19/h1-4,13H,5-12H2,(H,21,25)(H,22,27). The zero-order valence-corrected chi connectivity index (χ0v) is 15.0. The number of rotatable bonds is 2. The molecule has 1 aromatic rings. The minimum Gasteiger partial charge on any atom is -0.356 e. The van der Waals surface area contributed by atoms with Gasteiger partial charge in [0.05, 0.1) is 11.7 Å². The summed E-state index contributed by atoms with van der Waals surface area (Å²) < 4.78 is 13.9. The first kappa shape index (κ1) is 17.8. The first-order valence-electron chi connectivity index (χ1n) is 9.33. The Bertz CT molecular complexity index is 776. The monoisotopic (exact) mass is 374 g/mol. The molecule has 0 radical (unpaired) electrons. The molecule has 0 aromatic heterocycles. The Labute approximate surface area is 156 Å². The summed E-state index contributed by atoms with van der Waals surface area (Å²) in [4.78, 5) is 39.4. The fourth-order valence-corrected chi connectivity index (χ4v) is 4.26. The summed E-state index contributed by atoms with van der Waals surface area (Å²) in [7, 11) is 0. The van der Waals surface area contributed by atoms with Crippen molar-refractivity contribution in [3.05, 3.63) is 30.1 Å². The third-order valence-corrected chi connectivity index (χ3v) is 5.90. The van der Waals surface area contributed by atoms with Gasteiger partial charge in [-0.05, 0) is 30.4 Å². The number of para-hydroxylation sites is 1. The van der Waals surface area contributed by atoms with Crippen LogP contribution in [-0.4, -0.2) is 55.0 Å². The van der Waals surface area contributed by atoms with Crippen LogP contribution in [0, 0.1) is 11.2 Å². The van der Waals surface area contributed by atoms with E-state index < -0.39 is 5.82 Å². The van der Waals surface area contributed by atoms with E-state index in [-0.39, 0.29) is 48.0 Å². The van der Waals surface area contributed by atoms with Gasteiger partial charge in [0.1, 0.15) is 5.82 Å². The highest BCUT2D eigenvalue weighted by Gasteiger charge is 2.42. The summed E-state index contributed by atoms with van der Waals surface area (Å²) in [6.07, 6.45) is 2.29. The lowest BCUT2D eigenvalue weighted by Crippen LogP contribution is -2.50. The lowest BCUT2D eigenvalue weighted by molar-refractivity contribution is -0.120. The van der Waals surface area contributed by atoms with Gasteiger partial charge in [-0.3, -0.25) is 9.59 Å². The van der Waals surface area contributed by atoms with Gasteiger partial charge < -0.3 is 20.4 Å². The van der Waals surface area contributed by atoms with Gasteiger partial charge in [-0.1, -0.05) is 12.1 Å². The lowest BCUT2D eigenvalue weighted by Gasteiger charge is -2.38. The van der Waals surface area contributed by atoms with Crippen molar-refractivity contribution in [3.63, 3.8) is 0 Å². The third-order valence-electron chi connectivity index (χ3n) is 5.90. The largest absolute Gasteiger partial charge is 0.356 e. The maximum atomic E-state index is 13.9. The molecule has 0 aliphatic carbocycles. The smallest absolute Gasteiger partial charge is 0.317 e. The molecule has 27 heavy (non-hydrogen) atoms. The van der Waals surface area contributed by atoms with Crippen LogP contribution in [0.1, 0.15) is 25.7 Å². The van der Waals surface area contributed by atoms with E-state index in [0.717, 1.165) is 12.8 Å². The van der Waals surface area contributed by atoms with Gasteiger partial charge in [0.15, 0.2) is 0 Å². The number of carbonyl (C=O) groups excluding carboxylic acids is 3. The number of halogens is 1. The molecule has 3 fully saturated rings. The van der Waals surface area contributed by atoms with Crippen LogP contribution in [0.4, 0.5) is 14.9 Å². The van der Waals surface area contributed by atoms with Crippen molar-refractivity contribution in [2.24, 2.45) is 5.41 Å². The Morgan fingerprint density at radius 3 is 2.63 bits per heavy atom. The molecule has 1 spiro atoms. The summed E-state index contributed by atoms with van der Waals surface area (Å²) in [6.45, 7) is 2.15. The van der Waals surface area contributed by atoms with Crippen molar-refractivity contribution < 1.29 is 18.8 Å².